The molecular formula is C15H15FN2O2. The average molecular weight is 274 g/mol. The summed E-state index contributed by atoms with van der Waals surface area (Å²) < 4.78 is 13.7. The number of carbonyl (C=O) groups excluding carboxylic acids is 1. The Labute approximate surface area is 116 Å². The van der Waals surface area contributed by atoms with Crippen molar-refractivity contribution in [3.63, 3.8) is 0 Å². The zero-order valence-electron chi connectivity index (χ0n) is 10.8. The summed E-state index contributed by atoms with van der Waals surface area (Å²) in [6, 6.07) is 12.5. The van der Waals surface area contributed by atoms with E-state index in [4.69, 9.17) is 10.8 Å². The Morgan fingerprint density at radius 1 is 1.15 bits per heavy atom. The number of aliphatic hydroxyl groups excluding tert-OH is 1. The standard InChI is InChI=1S/C15H15FN2O2/c16-12-6-2-1-5-11(12)15(20)18(9-10-19)14-8-4-3-7-13(14)17/h1-8,19H,9-10,17H2. The van der Waals surface area contributed by atoms with Gasteiger partial charge in [0.25, 0.3) is 5.91 Å². The van der Waals surface area contributed by atoms with E-state index in [1.807, 2.05) is 0 Å². The van der Waals surface area contributed by atoms with Crippen LogP contribution in [0.2, 0.25) is 0 Å². The van der Waals surface area contributed by atoms with Gasteiger partial charge in [0, 0.05) is 6.54 Å². The minimum absolute atomic E-state index is 0.0430. The molecule has 0 saturated heterocycles. The summed E-state index contributed by atoms with van der Waals surface area (Å²) >= 11 is 0. The van der Waals surface area contributed by atoms with Crippen LogP contribution < -0.4 is 10.6 Å². The van der Waals surface area contributed by atoms with Crippen molar-refractivity contribution in [2.75, 3.05) is 23.8 Å². The molecule has 0 unspecified atom stereocenters. The first kappa shape index (κ1) is 14.0. The number of rotatable bonds is 4. The molecule has 0 saturated carbocycles. The number of anilines is 2. The maximum Gasteiger partial charge on any atom is 0.261 e. The van der Waals surface area contributed by atoms with E-state index in [0.717, 1.165) is 0 Å². The van der Waals surface area contributed by atoms with E-state index in [2.05, 4.69) is 0 Å². The Bertz CT molecular complexity index is 616. The van der Waals surface area contributed by atoms with Crippen LogP contribution in [0.1, 0.15) is 10.4 Å². The maximum absolute atomic E-state index is 13.7. The van der Waals surface area contributed by atoms with Crippen molar-refractivity contribution in [2.45, 2.75) is 0 Å². The van der Waals surface area contributed by atoms with Gasteiger partial charge in [0.2, 0.25) is 0 Å². The molecule has 0 aliphatic heterocycles. The molecule has 1 amide bonds. The lowest BCUT2D eigenvalue weighted by molar-refractivity contribution is 0.0977. The van der Waals surface area contributed by atoms with E-state index in [0.29, 0.717) is 11.4 Å². The van der Waals surface area contributed by atoms with Crippen molar-refractivity contribution in [3.05, 3.63) is 59.9 Å². The first-order valence-corrected chi connectivity index (χ1v) is 6.17. The van der Waals surface area contributed by atoms with Crippen molar-refractivity contribution in [3.8, 4) is 0 Å². The van der Waals surface area contributed by atoms with Gasteiger partial charge in [-0.15, -0.1) is 0 Å². The first-order valence-electron chi connectivity index (χ1n) is 6.17. The summed E-state index contributed by atoms with van der Waals surface area (Å²) in [4.78, 5) is 13.7. The third-order valence-corrected chi connectivity index (χ3v) is 2.90. The van der Waals surface area contributed by atoms with E-state index in [9.17, 15) is 9.18 Å². The fraction of sp³-hybridized carbons (Fsp3) is 0.133. The molecular weight excluding hydrogens is 259 g/mol. The van der Waals surface area contributed by atoms with Gasteiger partial charge in [0.05, 0.1) is 23.5 Å². The summed E-state index contributed by atoms with van der Waals surface area (Å²) in [7, 11) is 0. The highest BCUT2D eigenvalue weighted by molar-refractivity contribution is 6.07. The second kappa shape index (κ2) is 6.16. The highest BCUT2D eigenvalue weighted by atomic mass is 19.1. The minimum atomic E-state index is -0.602. The number of para-hydroxylation sites is 2. The number of benzene rings is 2. The zero-order chi connectivity index (χ0) is 14.5. The number of aliphatic hydroxyl groups is 1. The molecule has 0 bridgehead atoms. The van der Waals surface area contributed by atoms with Gasteiger partial charge in [-0.1, -0.05) is 24.3 Å². The van der Waals surface area contributed by atoms with Gasteiger partial charge in [-0.25, -0.2) is 4.39 Å². The summed E-state index contributed by atoms with van der Waals surface area (Å²) in [6.07, 6.45) is 0. The Kier molecular flexibility index (Phi) is 4.32. The van der Waals surface area contributed by atoms with Gasteiger partial charge in [0.1, 0.15) is 5.82 Å². The van der Waals surface area contributed by atoms with Crippen molar-refractivity contribution < 1.29 is 14.3 Å². The second-order valence-electron chi connectivity index (χ2n) is 4.22. The molecule has 2 rings (SSSR count). The normalized spacial score (nSPS) is 10.3. The maximum atomic E-state index is 13.7. The van der Waals surface area contributed by atoms with Crippen LogP contribution in [-0.2, 0) is 0 Å². The first-order chi connectivity index (χ1) is 9.65. The van der Waals surface area contributed by atoms with Crippen LogP contribution in [-0.4, -0.2) is 24.2 Å². The highest BCUT2D eigenvalue weighted by Crippen LogP contribution is 2.24. The molecule has 2 aromatic rings. The molecule has 0 heterocycles. The molecule has 3 N–H and O–H groups in total. The zero-order valence-corrected chi connectivity index (χ0v) is 10.8. The fourth-order valence-corrected chi connectivity index (χ4v) is 1.94. The molecule has 0 aliphatic rings. The van der Waals surface area contributed by atoms with Gasteiger partial charge < -0.3 is 15.7 Å². The molecule has 0 radical (unpaired) electrons. The number of amides is 1. The summed E-state index contributed by atoms with van der Waals surface area (Å²) in [5.74, 6) is -1.13. The molecule has 4 nitrogen and oxygen atoms in total. The van der Waals surface area contributed by atoms with Crippen LogP contribution in [0.25, 0.3) is 0 Å². The van der Waals surface area contributed by atoms with E-state index >= 15 is 0 Å². The Morgan fingerprint density at radius 2 is 1.80 bits per heavy atom. The highest BCUT2D eigenvalue weighted by Gasteiger charge is 2.21. The van der Waals surface area contributed by atoms with Crippen LogP contribution in [0.15, 0.2) is 48.5 Å². The van der Waals surface area contributed by atoms with Crippen LogP contribution in [0.5, 0.6) is 0 Å². The SMILES string of the molecule is Nc1ccccc1N(CCO)C(=O)c1ccccc1F. The van der Waals surface area contributed by atoms with Gasteiger partial charge in [-0.05, 0) is 24.3 Å². The smallest absolute Gasteiger partial charge is 0.261 e. The third-order valence-electron chi connectivity index (χ3n) is 2.90. The molecule has 0 aliphatic carbocycles. The van der Waals surface area contributed by atoms with Gasteiger partial charge in [-0.2, -0.15) is 0 Å². The molecule has 0 atom stereocenters. The van der Waals surface area contributed by atoms with E-state index < -0.39 is 11.7 Å². The van der Waals surface area contributed by atoms with E-state index in [1.54, 1.807) is 30.3 Å². The predicted molar refractivity (Wildman–Crippen MR) is 76.0 cm³/mol. The second-order valence-corrected chi connectivity index (χ2v) is 4.22. The molecule has 2 aromatic carbocycles. The quantitative estimate of drug-likeness (QED) is 0.838. The van der Waals surface area contributed by atoms with Gasteiger partial charge in [0.15, 0.2) is 0 Å². The van der Waals surface area contributed by atoms with Crippen LogP contribution in [0.3, 0.4) is 0 Å². The largest absolute Gasteiger partial charge is 0.397 e. The monoisotopic (exact) mass is 274 g/mol. The summed E-state index contributed by atoms with van der Waals surface area (Å²) in [5.41, 5.74) is 6.63. The van der Waals surface area contributed by atoms with Crippen LogP contribution in [0, 0.1) is 5.82 Å². The summed E-state index contributed by atoms with van der Waals surface area (Å²) in [6.45, 7) is -0.199. The molecule has 20 heavy (non-hydrogen) atoms. The number of hydrogen-bond donors (Lipinski definition) is 2. The average Bonchev–Trinajstić information content (AvgIpc) is 2.46. The van der Waals surface area contributed by atoms with Crippen molar-refractivity contribution in [2.24, 2.45) is 0 Å². The van der Waals surface area contributed by atoms with Gasteiger partial charge in [-0.3, -0.25) is 4.79 Å². The van der Waals surface area contributed by atoms with Crippen molar-refractivity contribution >= 4 is 17.3 Å². The molecule has 0 fully saturated rings. The number of hydrogen-bond acceptors (Lipinski definition) is 3. The molecule has 0 spiro atoms. The van der Waals surface area contributed by atoms with Gasteiger partial charge >= 0.3 is 0 Å². The van der Waals surface area contributed by atoms with Crippen molar-refractivity contribution in [1.82, 2.24) is 0 Å². The summed E-state index contributed by atoms with van der Waals surface area (Å²) in [5, 5.41) is 9.13. The van der Waals surface area contributed by atoms with E-state index in [1.165, 1.54) is 23.1 Å². The number of nitrogens with zero attached hydrogens (tertiary/aromatic N) is 1. The lowest BCUT2D eigenvalue weighted by atomic mass is 10.1. The number of carbonyl (C=O) groups is 1. The predicted octanol–water partition coefficient (Wildman–Crippen LogP) is 2.05. The number of nitrogen functional groups attached to an aromatic ring is 1. The third kappa shape index (κ3) is 2.78. The molecule has 5 heteroatoms. The van der Waals surface area contributed by atoms with Crippen molar-refractivity contribution in [1.29, 1.82) is 0 Å². The fourth-order valence-electron chi connectivity index (χ4n) is 1.94. The minimum Gasteiger partial charge on any atom is -0.397 e. The lowest BCUT2D eigenvalue weighted by Crippen LogP contribution is -2.34. The lowest BCUT2D eigenvalue weighted by Gasteiger charge is -2.23. The Balaban J connectivity index is 2.42. The number of halogens is 1. The number of nitrogens with two attached hydrogens (primary N) is 1. The van der Waals surface area contributed by atoms with Crippen LogP contribution in [0.4, 0.5) is 15.8 Å². The Morgan fingerprint density at radius 3 is 2.45 bits per heavy atom. The molecule has 104 valence electrons. The van der Waals surface area contributed by atoms with Crippen LogP contribution >= 0.6 is 0 Å². The van der Waals surface area contributed by atoms with E-state index in [-0.39, 0.29) is 18.7 Å². The Hall–Kier alpha value is -2.40. The molecule has 0 aromatic heterocycles. The topological polar surface area (TPSA) is 66.6 Å².